The SMILES string of the molecule is C1=C(P(C2CCCC2)C2CCCC2)CCC1. The van der Waals surface area contributed by atoms with Crippen LogP contribution in [-0.4, -0.2) is 11.3 Å². The van der Waals surface area contributed by atoms with Gasteiger partial charge in [0, 0.05) is 0 Å². The van der Waals surface area contributed by atoms with Crippen LogP contribution in [0.5, 0.6) is 0 Å². The average molecular weight is 236 g/mol. The molecule has 2 saturated carbocycles. The summed E-state index contributed by atoms with van der Waals surface area (Å²) in [5, 5.41) is 1.95. The van der Waals surface area contributed by atoms with E-state index in [9.17, 15) is 0 Å². The molecule has 0 saturated heterocycles. The molecule has 16 heavy (non-hydrogen) atoms. The normalized spacial score (nSPS) is 28.2. The van der Waals surface area contributed by atoms with E-state index in [2.05, 4.69) is 6.08 Å². The maximum absolute atomic E-state index is 2.64. The van der Waals surface area contributed by atoms with Gasteiger partial charge in [-0.3, -0.25) is 0 Å². The Kier molecular flexibility index (Phi) is 3.67. The monoisotopic (exact) mass is 236 g/mol. The fourth-order valence-corrected chi connectivity index (χ4v) is 8.15. The van der Waals surface area contributed by atoms with Gasteiger partial charge >= 0.3 is 0 Å². The lowest BCUT2D eigenvalue weighted by Crippen LogP contribution is -2.11. The van der Waals surface area contributed by atoms with Crippen molar-refractivity contribution < 1.29 is 0 Å². The molecule has 0 radical (unpaired) electrons. The molecule has 0 aromatic rings. The molecule has 0 aliphatic heterocycles. The molecular weight excluding hydrogens is 211 g/mol. The van der Waals surface area contributed by atoms with Gasteiger partial charge in [0.15, 0.2) is 0 Å². The molecule has 0 atom stereocenters. The minimum atomic E-state index is 0.297. The zero-order valence-corrected chi connectivity index (χ0v) is 11.4. The van der Waals surface area contributed by atoms with Gasteiger partial charge in [0.2, 0.25) is 0 Å². The smallest absolute Gasteiger partial charge is 0.0170 e. The Morgan fingerprint density at radius 3 is 1.81 bits per heavy atom. The van der Waals surface area contributed by atoms with Crippen molar-refractivity contribution in [3.63, 3.8) is 0 Å². The molecule has 3 rings (SSSR count). The fourth-order valence-electron chi connectivity index (χ4n) is 4.02. The largest absolute Gasteiger partial charge is 0.0808 e. The molecule has 0 unspecified atom stereocenters. The summed E-state index contributed by atoms with van der Waals surface area (Å²) >= 11 is 0. The Hall–Kier alpha value is 0.170. The molecular formula is C15H25P. The van der Waals surface area contributed by atoms with Crippen molar-refractivity contribution in [2.45, 2.75) is 81.9 Å². The zero-order valence-electron chi connectivity index (χ0n) is 10.5. The van der Waals surface area contributed by atoms with Crippen molar-refractivity contribution in [2.75, 3.05) is 0 Å². The van der Waals surface area contributed by atoms with Crippen molar-refractivity contribution in [1.29, 1.82) is 0 Å². The molecule has 3 aliphatic carbocycles. The van der Waals surface area contributed by atoms with E-state index >= 15 is 0 Å². The van der Waals surface area contributed by atoms with Gasteiger partial charge < -0.3 is 0 Å². The number of hydrogen-bond donors (Lipinski definition) is 0. The van der Waals surface area contributed by atoms with Crippen molar-refractivity contribution in [3.05, 3.63) is 11.4 Å². The van der Waals surface area contributed by atoms with E-state index in [0.29, 0.717) is 7.92 Å². The summed E-state index contributed by atoms with van der Waals surface area (Å²) in [7, 11) is 0.297. The van der Waals surface area contributed by atoms with Gasteiger partial charge in [0.05, 0.1) is 0 Å². The van der Waals surface area contributed by atoms with Crippen LogP contribution < -0.4 is 0 Å². The van der Waals surface area contributed by atoms with Gasteiger partial charge in [-0.15, -0.1) is 0 Å². The molecule has 2 fully saturated rings. The molecule has 0 bridgehead atoms. The van der Waals surface area contributed by atoms with Crippen molar-refractivity contribution in [2.24, 2.45) is 0 Å². The van der Waals surface area contributed by atoms with Gasteiger partial charge in [0.1, 0.15) is 0 Å². The highest BCUT2D eigenvalue weighted by Crippen LogP contribution is 2.64. The van der Waals surface area contributed by atoms with Crippen LogP contribution in [0.4, 0.5) is 0 Å². The third kappa shape index (κ3) is 2.23. The Labute approximate surface area is 102 Å². The van der Waals surface area contributed by atoms with Crippen LogP contribution in [0.2, 0.25) is 0 Å². The second kappa shape index (κ2) is 5.21. The second-order valence-corrected chi connectivity index (χ2v) is 8.72. The summed E-state index contributed by atoms with van der Waals surface area (Å²) < 4.78 is 0. The minimum Gasteiger partial charge on any atom is -0.0808 e. The molecule has 0 nitrogen and oxygen atoms in total. The van der Waals surface area contributed by atoms with Gasteiger partial charge in [-0.05, 0) is 61.6 Å². The molecule has 0 heterocycles. The van der Waals surface area contributed by atoms with Crippen molar-refractivity contribution in [1.82, 2.24) is 0 Å². The van der Waals surface area contributed by atoms with Crippen LogP contribution >= 0.6 is 7.92 Å². The molecule has 1 heteroatoms. The van der Waals surface area contributed by atoms with Gasteiger partial charge in [-0.1, -0.05) is 39.7 Å². The molecule has 0 N–H and O–H groups in total. The van der Waals surface area contributed by atoms with Crippen LogP contribution in [0, 0.1) is 0 Å². The molecule has 3 aliphatic rings. The van der Waals surface area contributed by atoms with Crippen LogP contribution in [0.3, 0.4) is 0 Å². The quantitative estimate of drug-likeness (QED) is 0.574. The third-order valence-corrected chi connectivity index (χ3v) is 8.46. The summed E-state index contributed by atoms with van der Waals surface area (Å²) in [6, 6.07) is 0. The van der Waals surface area contributed by atoms with E-state index in [-0.39, 0.29) is 0 Å². The molecule has 0 aromatic carbocycles. The first-order valence-corrected chi connectivity index (χ1v) is 8.90. The Bertz CT molecular complexity index is 241. The first-order valence-electron chi connectivity index (χ1n) is 7.42. The van der Waals surface area contributed by atoms with Crippen molar-refractivity contribution >= 4 is 7.92 Å². The molecule has 0 aromatic heterocycles. The maximum Gasteiger partial charge on any atom is -0.0170 e. The highest BCUT2D eigenvalue weighted by molar-refractivity contribution is 7.63. The summed E-state index contributed by atoms with van der Waals surface area (Å²) in [6.45, 7) is 0. The molecule has 0 amide bonds. The van der Waals surface area contributed by atoms with E-state index in [1.54, 1.807) is 25.7 Å². The van der Waals surface area contributed by atoms with Gasteiger partial charge in [0.25, 0.3) is 0 Å². The summed E-state index contributed by atoms with van der Waals surface area (Å²) in [5.41, 5.74) is 2.28. The number of allylic oxidation sites excluding steroid dienone is 2. The highest BCUT2D eigenvalue weighted by atomic mass is 31.1. The second-order valence-electron chi connectivity index (χ2n) is 5.87. The predicted molar refractivity (Wildman–Crippen MR) is 73.4 cm³/mol. The van der Waals surface area contributed by atoms with E-state index in [0.717, 1.165) is 11.3 Å². The standard InChI is InChI=1S/C15H25P/c1-2-8-13(7-1)16(14-9-3-4-10-14)15-11-5-6-12-15/h7,14-15H,1-6,8-12H2. The Balaban J connectivity index is 1.75. The Morgan fingerprint density at radius 1 is 0.812 bits per heavy atom. The van der Waals surface area contributed by atoms with Gasteiger partial charge in [-0.25, -0.2) is 0 Å². The van der Waals surface area contributed by atoms with E-state index in [1.807, 2.05) is 5.31 Å². The highest BCUT2D eigenvalue weighted by Gasteiger charge is 2.35. The van der Waals surface area contributed by atoms with Crippen LogP contribution in [0.1, 0.15) is 70.6 Å². The summed E-state index contributed by atoms with van der Waals surface area (Å²) in [4.78, 5) is 0. The summed E-state index contributed by atoms with van der Waals surface area (Å²) in [5.74, 6) is 0. The lowest BCUT2D eigenvalue weighted by molar-refractivity contribution is 0.826. The number of rotatable bonds is 3. The lowest BCUT2D eigenvalue weighted by Gasteiger charge is -2.31. The lowest BCUT2D eigenvalue weighted by atomic mass is 10.3. The Morgan fingerprint density at radius 2 is 1.38 bits per heavy atom. The predicted octanol–water partition coefficient (Wildman–Crippen LogP) is 5.42. The van der Waals surface area contributed by atoms with Crippen LogP contribution in [-0.2, 0) is 0 Å². The van der Waals surface area contributed by atoms with Crippen LogP contribution in [0.15, 0.2) is 11.4 Å². The molecule has 0 spiro atoms. The van der Waals surface area contributed by atoms with E-state index < -0.39 is 0 Å². The summed E-state index contributed by atoms with van der Waals surface area (Å²) in [6.07, 6.45) is 19.4. The molecule has 90 valence electrons. The first-order chi connectivity index (χ1) is 7.95. The minimum absolute atomic E-state index is 0.297. The van der Waals surface area contributed by atoms with E-state index in [1.165, 1.54) is 44.9 Å². The first kappa shape index (κ1) is 11.3. The van der Waals surface area contributed by atoms with Crippen LogP contribution in [0.25, 0.3) is 0 Å². The van der Waals surface area contributed by atoms with Crippen molar-refractivity contribution in [3.8, 4) is 0 Å². The fraction of sp³-hybridized carbons (Fsp3) is 0.867. The average Bonchev–Trinajstić information content (AvgIpc) is 3.02. The topological polar surface area (TPSA) is 0 Å². The zero-order chi connectivity index (χ0) is 10.8. The maximum atomic E-state index is 2.64. The van der Waals surface area contributed by atoms with E-state index in [4.69, 9.17) is 0 Å². The van der Waals surface area contributed by atoms with Gasteiger partial charge in [-0.2, -0.15) is 0 Å². The number of hydrogen-bond acceptors (Lipinski definition) is 0. The third-order valence-electron chi connectivity index (χ3n) is 4.78.